The number of nitrogens with zero attached hydrogens (tertiary/aromatic N) is 3. The van der Waals surface area contributed by atoms with Crippen LogP contribution in [0, 0.1) is 0 Å². The Bertz CT molecular complexity index is 920. The molecule has 136 valence electrons. The molecular weight excluding hydrogens is 373 g/mol. The second-order valence-electron chi connectivity index (χ2n) is 5.98. The number of ether oxygens (including phenoxy) is 1. The van der Waals surface area contributed by atoms with Crippen molar-refractivity contribution in [1.29, 1.82) is 0 Å². The van der Waals surface area contributed by atoms with Crippen LogP contribution in [-0.4, -0.2) is 34.8 Å². The number of fused-ring (bicyclic) bond motifs is 2. The van der Waals surface area contributed by atoms with Crippen LogP contribution in [0.25, 0.3) is 10.9 Å². The van der Waals surface area contributed by atoms with Gasteiger partial charge in [0.2, 0.25) is 0 Å². The van der Waals surface area contributed by atoms with Crippen LogP contribution in [0.3, 0.4) is 0 Å². The lowest BCUT2D eigenvalue weighted by molar-refractivity contribution is 0.233. The van der Waals surface area contributed by atoms with Crippen molar-refractivity contribution in [3.05, 3.63) is 53.3 Å². The fourth-order valence-corrected chi connectivity index (χ4v) is 3.32. The molecule has 0 fully saturated rings. The molecule has 0 spiro atoms. The van der Waals surface area contributed by atoms with Crippen LogP contribution in [0.1, 0.15) is 12.0 Å². The molecule has 3 aromatic rings. The zero-order chi connectivity index (χ0) is 17.2. The van der Waals surface area contributed by atoms with Crippen LogP contribution in [0.5, 0.6) is 5.75 Å². The number of hydrogen-bond acceptors (Lipinski definition) is 5. The summed E-state index contributed by atoms with van der Waals surface area (Å²) in [6.45, 7) is 1.48. The molecular formula is C19H19Cl2N3O2. The van der Waals surface area contributed by atoms with E-state index >= 15 is 0 Å². The Kier molecular flexibility index (Phi) is 5.81. The molecule has 0 bridgehead atoms. The molecule has 7 heteroatoms. The summed E-state index contributed by atoms with van der Waals surface area (Å²) in [5.41, 5.74) is 3.22. The van der Waals surface area contributed by atoms with Gasteiger partial charge in [-0.1, -0.05) is 17.7 Å². The van der Waals surface area contributed by atoms with Gasteiger partial charge >= 0.3 is 0 Å². The van der Waals surface area contributed by atoms with Gasteiger partial charge in [0.15, 0.2) is 0 Å². The molecule has 1 aliphatic rings. The Labute approximate surface area is 163 Å². The van der Waals surface area contributed by atoms with Crippen LogP contribution in [0.2, 0.25) is 5.02 Å². The zero-order valence-electron chi connectivity index (χ0n) is 14.1. The number of aromatic nitrogens is 2. The van der Waals surface area contributed by atoms with Crippen LogP contribution < -0.4 is 9.64 Å². The molecule has 0 unspecified atom stereocenters. The lowest BCUT2D eigenvalue weighted by atomic mass is 10.1. The third kappa shape index (κ3) is 3.56. The first-order valence-corrected chi connectivity index (χ1v) is 8.68. The molecule has 5 nitrogen and oxygen atoms in total. The first-order chi connectivity index (χ1) is 12.3. The van der Waals surface area contributed by atoms with Crippen molar-refractivity contribution in [1.82, 2.24) is 9.97 Å². The monoisotopic (exact) mass is 391 g/mol. The molecule has 1 aliphatic heterocycles. The van der Waals surface area contributed by atoms with Gasteiger partial charge in [-0.05, 0) is 36.2 Å². The lowest BCUT2D eigenvalue weighted by Crippen LogP contribution is -2.15. The number of anilines is 2. The largest absolute Gasteiger partial charge is 0.493 e. The van der Waals surface area contributed by atoms with Crippen molar-refractivity contribution in [3.8, 4) is 5.75 Å². The van der Waals surface area contributed by atoms with E-state index in [1.165, 1.54) is 5.56 Å². The van der Waals surface area contributed by atoms with Crippen molar-refractivity contribution in [2.24, 2.45) is 0 Å². The Morgan fingerprint density at radius 2 is 2.04 bits per heavy atom. The normalized spacial score (nSPS) is 12.8. The molecule has 26 heavy (non-hydrogen) atoms. The van der Waals surface area contributed by atoms with Crippen molar-refractivity contribution in [3.63, 3.8) is 0 Å². The molecule has 4 rings (SSSR count). The number of aliphatic hydroxyl groups is 1. The molecule has 0 radical (unpaired) electrons. The third-order valence-electron chi connectivity index (χ3n) is 4.36. The summed E-state index contributed by atoms with van der Waals surface area (Å²) in [7, 11) is 0. The maximum atomic E-state index is 8.86. The van der Waals surface area contributed by atoms with E-state index in [2.05, 4.69) is 20.9 Å². The van der Waals surface area contributed by atoms with Gasteiger partial charge in [0.05, 0.1) is 12.1 Å². The Morgan fingerprint density at radius 3 is 2.88 bits per heavy atom. The van der Waals surface area contributed by atoms with E-state index < -0.39 is 0 Å². The highest BCUT2D eigenvalue weighted by atomic mass is 35.5. The van der Waals surface area contributed by atoms with E-state index in [9.17, 15) is 0 Å². The standard InChI is InChI=1S/C19H18ClN3O2.ClH/c20-14-3-2-13-6-7-23(18(13)10-14)19-16-5-4-15(25-9-1-8-24)11-17(16)21-12-22-19;/h2-5,10-12,24H,1,6-9H2;1H. The highest BCUT2D eigenvalue weighted by Crippen LogP contribution is 2.38. The van der Waals surface area contributed by atoms with Crippen LogP contribution in [0.15, 0.2) is 42.7 Å². The average molecular weight is 392 g/mol. The van der Waals surface area contributed by atoms with Crippen LogP contribution in [-0.2, 0) is 6.42 Å². The highest BCUT2D eigenvalue weighted by molar-refractivity contribution is 6.31. The quantitative estimate of drug-likeness (QED) is 0.661. The van der Waals surface area contributed by atoms with Crippen LogP contribution in [0.4, 0.5) is 11.5 Å². The maximum Gasteiger partial charge on any atom is 0.144 e. The summed E-state index contributed by atoms with van der Waals surface area (Å²) in [5.74, 6) is 1.63. The number of halogens is 2. The third-order valence-corrected chi connectivity index (χ3v) is 4.59. The zero-order valence-corrected chi connectivity index (χ0v) is 15.6. The van der Waals surface area contributed by atoms with Gasteiger partial charge in [0.1, 0.15) is 17.9 Å². The van der Waals surface area contributed by atoms with Gasteiger partial charge in [-0.2, -0.15) is 0 Å². The summed E-state index contributed by atoms with van der Waals surface area (Å²) in [6.07, 6.45) is 3.16. The average Bonchev–Trinajstić information content (AvgIpc) is 3.04. The van der Waals surface area contributed by atoms with Crippen LogP contribution >= 0.6 is 24.0 Å². The summed E-state index contributed by atoms with van der Waals surface area (Å²) in [5, 5.41) is 10.6. The summed E-state index contributed by atoms with van der Waals surface area (Å²) < 4.78 is 5.64. The van der Waals surface area contributed by atoms with Gasteiger partial charge < -0.3 is 14.7 Å². The molecule has 0 saturated carbocycles. The van der Waals surface area contributed by atoms with Gasteiger partial charge in [-0.25, -0.2) is 9.97 Å². The van der Waals surface area contributed by atoms with E-state index in [1.54, 1.807) is 6.33 Å². The first-order valence-electron chi connectivity index (χ1n) is 8.30. The smallest absolute Gasteiger partial charge is 0.144 e. The molecule has 1 aromatic heterocycles. The molecule has 2 aromatic carbocycles. The fourth-order valence-electron chi connectivity index (χ4n) is 3.15. The predicted octanol–water partition coefficient (Wildman–Crippen LogP) is 4.16. The summed E-state index contributed by atoms with van der Waals surface area (Å²) >= 11 is 6.18. The Hall–Kier alpha value is -2.08. The van der Waals surface area contributed by atoms with E-state index in [0.717, 1.165) is 46.1 Å². The lowest BCUT2D eigenvalue weighted by Gasteiger charge is -2.20. The molecule has 0 saturated heterocycles. The minimum Gasteiger partial charge on any atom is -0.493 e. The SMILES string of the molecule is Cl.OCCCOc1ccc2c(N3CCc4ccc(Cl)cc43)ncnc2c1. The molecule has 2 heterocycles. The first kappa shape index (κ1) is 18.7. The van der Waals surface area contributed by atoms with Crippen molar-refractivity contribution in [2.45, 2.75) is 12.8 Å². The predicted molar refractivity (Wildman–Crippen MR) is 106 cm³/mol. The van der Waals surface area contributed by atoms with Gasteiger partial charge in [0.25, 0.3) is 0 Å². The van der Waals surface area contributed by atoms with Gasteiger partial charge in [0, 0.05) is 41.7 Å². The summed E-state index contributed by atoms with van der Waals surface area (Å²) in [4.78, 5) is 11.1. The minimum absolute atomic E-state index is 0. The Morgan fingerprint density at radius 1 is 1.15 bits per heavy atom. The number of benzene rings is 2. The van der Waals surface area contributed by atoms with Gasteiger partial charge in [-0.15, -0.1) is 12.4 Å². The van der Waals surface area contributed by atoms with E-state index in [0.29, 0.717) is 13.0 Å². The minimum atomic E-state index is 0. The van der Waals surface area contributed by atoms with E-state index in [1.807, 2.05) is 30.3 Å². The van der Waals surface area contributed by atoms with Crippen molar-refractivity contribution < 1.29 is 9.84 Å². The maximum absolute atomic E-state index is 8.86. The molecule has 0 aliphatic carbocycles. The number of rotatable bonds is 5. The highest BCUT2D eigenvalue weighted by Gasteiger charge is 2.23. The Balaban J connectivity index is 0.00000196. The second kappa shape index (κ2) is 8.08. The van der Waals surface area contributed by atoms with E-state index in [-0.39, 0.29) is 19.0 Å². The topological polar surface area (TPSA) is 58.5 Å². The molecule has 0 amide bonds. The fraction of sp³-hybridized carbons (Fsp3) is 0.263. The molecule has 1 N–H and O–H groups in total. The van der Waals surface area contributed by atoms with E-state index in [4.69, 9.17) is 21.4 Å². The van der Waals surface area contributed by atoms with Crippen molar-refractivity contribution >= 4 is 46.4 Å². The number of aliphatic hydroxyl groups excluding tert-OH is 1. The molecule has 0 atom stereocenters. The van der Waals surface area contributed by atoms with Gasteiger partial charge in [-0.3, -0.25) is 0 Å². The number of hydrogen-bond donors (Lipinski definition) is 1. The van der Waals surface area contributed by atoms with Crippen molar-refractivity contribution in [2.75, 3.05) is 24.7 Å². The summed E-state index contributed by atoms with van der Waals surface area (Å²) in [6, 6.07) is 11.8. The second-order valence-corrected chi connectivity index (χ2v) is 6.41.